The largest absolute Gasteiger partial charge is 0.507 e. The van der Waals surface area contributed by atoms with E-state index >= 15 is 0 Å². The maximum absolute atomic E-state index is 13.0. The highest BCUT2D eigenvalue weighted by atomic mass is 19.4. The van der Waals surface area contributed by atoms with Gasteiger partial charge in [0.25, 0.3) is 11.6 Å². The van der Waals surface area contributed by atoms with Crippen LogP contribution in [0.4, 0.5) is 26.3 Å². The number of nitrogens with zero attached hydrogens (tertiary/aromatic N) is 1. The zero-order chi connectivity index (χ0) is 17.6. The van der Waals surface area contributed by atoms with Gasteiger partial charge in [0.05, 0.1) is 5.56 Å². The fraction of sp³-hybridized carbons (Fsp3) is 0.250. The van der Waals surface area contributed by atoms with Gasteiger partial charge in [0, 0.05) is 6.08 Å². The summed E-state index contributed by atoms with van der Waals surface area (Å²) < 4.78 is 76.8. The number of para-hydroxylation sites is 1. The average molecular weight is 342 g/mol. The number of carbonyl (C=O) groups excluding carboxylic acids is 1. The van der Waals surface area contributed by atoms with E-state index in [9.17, 15) is 41.4 Å². The van der Waals surface area contributed by atoms with Crippen molar-refractivity contribution in [1.82, 2.24) is 10.4 Å². The zero-order valence-corrected chi connectivity index (χ0v) is 10.9. The Morgan fingerprint density at radius 3 is 2.17 bits per heavy atom. The molecule has 0 aliphatic carbocycles. The second kappa shape index (κ2) is 5.05. The normalized spacial score (nSPS) is 21.9. The van der Waals surface area contributed by atoms with Crippen LogP contribution in [0.25, 0.3) is 0 Å². The van der Waals surface area contributed by atoms with E-state index in [0.29, 0.717) is 0 Å². The Morgan fingerprint density at radius 2 is 1.70 bits per heavy atom. The van der Waals surface area contributed by atoms with Crippen molar-refractivity contribution >= 4 is 5.91 Å². The molecular formula is C12H8F6N2O3. The zero-order valence-electron chi connectivity index (χ0n) is 10.9. The van der Waals surface area contributed by atoms with Gasteiger partial charge in [0.1, 0.15) is 11.4 Å². The van der Waals surface area contributed by atoms with Gasteiger partial charge in [0.2, 0.25) is 0 Å². The highest BCUT2D eigenvalue weighted by Crippen LogP contribution is 2.42. The second-order valence-corrected chi connectivity index (χ2v) is 4.55. The monoisotopic (exact) mass is 342 g/mol. The third-order valence-electron chi connectivity index (χ3n) is 2.98. The van der Waals surface area contributed by atoms with E-state index in [0.717, 1.165) is 12.1 Å². The van der Waals surface area contributed by atoms with Crippen LogP contribution in [-0.4, -0.2) is 39.2 Å². The number of hydrazine groups is 1. The van der Waals surface area contributed by atoms with Crippen LogP contribution in [0.2, 0.25) is 0 Å². The van der Waals surface area contributed by atoms with Crippen LogP contribution in [-0.2, 0) is 0 Å². The molecule has 11 heteroatoms. The number of aliphatic hydroxyl groups is 1. The van der Waals surface area contributed by atoms with E-state index in [2.05, 4.69) is 0 Å². The summed E-state index contributed by atoms with van der Waals surface area (Å²) in [5, 5.41) is 18.4. The average Bonchev–Trinajstić information content (AvgIpc) is 2.77. The van der Waals surface area contributed by atoms with E-state index in [1.54, 1.807) is 0 Å². The number of benzene rings is 1. The lowest BCUT2D eigenvalue weighted by molar-refractivity contribution is -0.283. The number of phenols is 1. The van der Waals surface area contributed by atoms with E-state index in [1.165, 1.54) is 17.6 Å². The van der Waals surface area contributed by atoms with Crippen LogP contribution < -0.4 is 5.43 Å². The van der Waals surface area contributed by atoms with Crippen molar-refractivity contribution in [1.29, 1.82) is 0 Å². The molecule has 0 spiro atoms. The van der Waals surface area contributed by atoms with Gasteiger partial charge in [-0.1, -0.05) is 12.1 Å². The van der Waals surface area contributed by atoms with Crippen molar-refractivity contribution in [2.75, 3.05) is 0 Å². The van der Waals surface area contributed by atoms with Crippen molar-refractivity contribution in [3.8, 4) is 5.75 Å². The predicted octanol–water partition coefficient (Wildman–Crippen LogP) is 2.05. The maximum Gasteiger partial charge on any atom is 0.442 e. The number of carbonyl (C=O) groups is 1. The molecule has 1 heterocycles. The predicted molar refractivity (Wildman–Crippen MR) is 62.6 cm³/mol. The van der Waals surface area contributed by atoms with E-state index < -0.39 is 52.1 Å². The third-order valence-corrected chi connectivity index (χ3v) is 2.98. The SMILES string of the molecule is O=C(c1ccccc1O)N1NC(C(F)(F)F)=CC1(O)C(F)(F)F. The Morgan fingerprint density at radius 1 is 1.13 bits per heavy atom. The molecule has 3 N–H and O–H groups in total. The van der Waals surface area contributed by atoms with Crippen LogP contribution >= 0.6 is 0 Å². The first-order valence-corrected chi connectivity index (χ1v) is 5.86. The van der Waals surface area contributed by atoms with Gasteiger partial charge in [-0.05, 0) is 12.1 Å². The molecule has 1 amide bonds. The second-order valence-electron chi connectivity index (χ2n) is 4.55. The minimum atomic E-state index is -5.62. The summed E-state index contributed by atoms with van der Waals surface area (Å²) >= 11 is 0. The molecule has 0 fully saturated rings. The van der Waals surface area contributed by atoms with E-state index in [1.807, 2.05) is 0 Å². The van der Waals surface area contributed by atoms with Gasteiger partial charge in [-0.25, -0.2) is 5.01 Å². The fourth-order valence-corrected chi connectivity index (χ4v) is 1.84. The number of amides is 1. The lowest BCUT2D eigenvalue weighted by Gasteiger charge is -2.33. The van der Waals surface area contributed by atoms with Gasteiger partial charge < -0.3 is 10.2 Å². The van der Waals surface area contributed by atoms with Gasteiger partial charge in [-0.2, -0.15) is 26.3 Å². The van der Waals surface area contributed by atoms with Gasteiger partial charge in [-0.3, -0.25) is 10.2 Å². The minimum absolute atomic E-state index is 0.551. The van der Waals surface area contributed by atoms with Gasteiger partial charge in [0.15, 0.2) is 0 Å². The molecule has 0 radical (unpaired) electrons. The highest BCUT2D eigenvalue weighted by molar-refractivity contribution is 5.97. The quantitative estimate of drug-likeness (QED) is 0.683. The molecule has 2 rings (SSSR count). The first kappa shape index (κ1) is 16.9. The number of allylic oxidation sites excluding steroid dienone is 1. The molecule has 23 heavy (non-hydrogen) atoms. The number of rotatable bonds is 1. The van der Waals surface area contributed by atoms with Crippen LogP contribution in [0, 0.1) is 0 Å². The molecule has 1 aliphatic rings. The molecule has 0 saturated carbocycles. The summed E-state index contributed by atoms with van der Waals surface area (Å²) in [7, 11) is 0. The third kappa shape index (κ3) is 2.79. The molecule has 1 unspecified atom stereocenters. The molecule has 1 aromatic rings. The lowest BCUT2D eigenvalue weighted by atomic mass is 10.1. The molecule has 0 saturated heterocycles. The van der Waals surface area contributed by atoms with Crippen LogP contribution in [0.5, 0.6) is 5.75 Å². The Bertz CT molecular complexity index is 669. The molecule has 0 bridgehead atoms. The summed E-state index contributed by atoms with van der Waals surface area (Å²) in [6, 6.07) is 4.27. The minimum Gasteiger partial charge on any atom is -0.507 e. The Balaban J connectivity index is 2.50. The fourth-order valence-electron chi connectivity index (χ4n) is 1.84. The lowest BCUT2D eigenvalue weighted by Crippen LogP contribution is -2.60. The van der Waals surface area contributed by atoms with Crippen molar-refractivity contribution in [2.24, 2.45) is 0 Å². The number of hydrogen-bond acceptors (Lipinski definition) is 4. The molecular weight excluding hydrogens is 334 g/mol. The number of alkyl halides is 6. The number of phenolic OH excluding ortho intramolecular Hbond substituents is 1. The maximum atomic E-state index is 13.0. The standard InChI is InChI=1S/C12H8F6N2O3/c13-11(14,15)8-5-10(23,12(16,17)18)20(19-8)9(22)6-3-1-2-4-7(6)21/h1-5,19,21,23H. The molecule has 126 valence electrons. The number of hydrogen-bond donors (Lipinski definition) is 3. The van der Waals surface area contributed by atoms with E-state index in [-0.39, 0.29) is 0 Å². The van der Waals surface area contributed by atoms with Crippen molar-refractivity contribution < 1.29 is 41.4 Å². The molecule has 0 aromatic heterocycles. The molecule has 5 nitrogen and oxygen atoms in total. The molecule has 1 aromatic carbocycles. The first-order chi connectivity index (χ1) is 10.4. The van der Waals surface area contributed by atoms with Crippen LogP contribution in [0.3, 0.4) is 0 Å². The smallest absolute Gasteiger partial charge is 0.442 e. The first-order valence-electron chi connectivity index (χ1n) is 5.86. The summed E-state index contributed by atoms with van der Waals surface area (Å²) in [5.74, 6) is -2.46. The summed E-state index contributed by atoms with van der Waals surface area (Å²) in [6.07, 6.45) is -11.4. The van der Waals surface area contributed by atoms with Crippen LogP contribution in [0.15, 0.2) is 36.0 Å². The molecule has 1 atom stereocenters. The number of nitrogens with one attached hydrogen (secondary N) is 1. The van der Waals surface area contributed by atoms with Gasteiger partial charge >= 0.3 is 12.4 Å². The number of halogens is 6. The summed E-state index contributed by atoms with van der Waals surface area (Å²) in [6.45, 7) is 0. The Labute approximate surface area is 124 Å². The Kier molecular flexibility index (Phi) is 3.71. The number of aromatic hydroxyl groups is 1. The van der Waals surface area contributed by atoms with Crippen molar-refractivity contribution in [3.63, 3.8) is 0 Å². The van der Waals surface area contributed by atoms with Crippen LogP contribution in [0.1, 0.15) is 10.4 Å². The van der Waals surface area contributed by atoms with E-state index in [4.69, 9.17) is 0 Å². The Hall–Kier alpha value is -2.43. The molecule has 1 aliphatic heterocycles. The highest BCUT2D eigenvalue weighted by Gasteiger charge is 2.64. The topological polar surface area (TPSA) is 72.8 Å². The van der Waals surface area contributed by atoms with Gasteiger partial charge in [-0.15, -0.1) is 0 Å². The summed E-state index contributed by atoms with van der Waals surface area (Å²) in [5.41, 5.74) is -5.71. The van der Waals surface area contributed by atoms with Crippen molar-refractivity contribution in [3.05, 3.63) is 41.6 Å². The summed E-state index contributed by atoms with van der Waals surface area (Å²) in [4.78, 5) is 12.0. The van der Waals surface area contributed by atoms with Crippen molar-refractivity contribution in [2.45, 2.75) is 18.1 Å².